The molecule has 1 saturated heterocycles. The predicted octanol–water partition coefficient (Wildman–Crippen LogP) is 2.14. The first kappa shape index (κ1) is 18.2. The summed E-state index contributed by atoms with van der Waals surface area (Å²) in [5.74, 6) is 0.149. The van der Waals surface area contributed by atoms with Crippen LogP contribution in [0.15, 0.2) is 0 Å². The van der Waals surface area contributed by atoms with Gasteiger partial charge in [0.25, 0.3) is 11.8 Å². The summed E-state index contributed by atoms with van der Waals surface area (Å²) >= 11 is 1.33. The van der Waals surface area contributed by atoms with E-state index in [2.05, 4.69) is 10.3 Å². The molecule has 4 rings (SSSR count). The third-order valence-electron chi connectivity index (χ3n) is 5.51. The summed E-state index contributed by atoms with van der Waals surface area (Å²) in [6, 6.07) is -0.789. The maximum absolute atomic E-state index is 12.4. The van der Waals surface area contributed by atoms with Gasteiger partial charge in [-0.25, -0.2) is 9.78 Å². The number of carbonyl (C=O) groups excluding carboxylic acids is 3. The van der Waals surface area contributed by atoms with E-state index in [1.165, 1.54) is 16.2 Å². The fraction of sp³-hybridized carbons (Fsp3) is 0.667. The lowest BCUT2D eigenvalue weighted by Crippen LogP contribution is -2.44. The topological polar surface area (TPSA) is 115 Å². The fourth-order valence-electron chi connectivity index (χ4n) is 3.81. The van der Waals surface area contributed by atoms with E-state index in [0.29, 0.717) is 48.8 Å². The number of hydrogen-bond donors (Lipinski definition) is 2. The van der Waals surface area contributed by atoms with Crippen molar-refractivity contribution in [2.45, 2.75) is 76.0 Å². The van der Waals surface area contributed by atoms with E-state index < -0.39 is 11.9 Å². The molecule has 1 aliphatic heterocycles. The molecule has 4 amide bonds. The molecule has 8 nitrogen and oxygen atoms in total. The highest BCUT2D eigenvalue weighted by molar-refractivity contribution is 7.14. The van der Waals surface area contributed by atoms with Crippen molar-refractivity contribution in [1.29, 1.82) is 0 Å². The zero-order valence-corrected chi connectivity index (χ0v) is 16.1. The van der Waals surface area contributed by atoms with Crippen LogP contribution in [0.3, 0.4) is 0 Å². The number of primary amides is 1. The van der Waals surface area contributed by atoms with E-state index >= 15 is 0 Å². The van der Waals surface area contributed by atoms with Crippen molar-refractivity contribution in [3.63, 3.8) is 0 Å². The Labute approximate surface area is 161 Å². The minimum atomic E-state index is -0.506. The minimum absolute atomic E-state index is 0.0868. The first-order chi connectivity index (χ1) is 13.0. The number of aromatic nitrogens is 1. The molecule has 2 aliphatic carbocycles. The van der Waals surface area contributed by atoms with Gasteiger partial charge in [0.1, 0.15) is 17.2 Å². The van der Waals surface area contributed by atoms with Gasteiger partial charge in [-0.1, -0.05) is 6.92 Å². The van der Waals surface area contributed by atoms with Gasteiger partial charge in [-0.2, -0.15) is 0 Å². The first-order valence-electron chi connectivity index (χ1n) is 9.58. The Kier molecular flexibility index (Phi) is 4.79. The zero-order chi connectivity index (χ0) is 19.1. The van der Waals surface area contributed by atoms with Gasteiger partial charge >= 0.3 is 6.03 Å². The van der Waals surface area contributed by atoms with Crippen LogP contribution >= 0.6 is 11.3 Å². The normalized spacial score (nSPS) is 28.3. The molecule has 3 fully saturated rings. The smallest absolute Gasteiger partial charge is 0.325 e. The first-order valence-corrected chi connectivity index (χ1v) is 10.4. The zero-order valence-electron chi connectivity index (χ0n) is 15.3. The molecule has 3 N–H and O–H groups in total. The van der Waals surface area contributed by atoms with Crippen molar-refractivity contribution >= 4 is 29.2 Å². The molecule has 1 aromatic heterocycles. The second-order valence-corrected chi connectivity index (χ2v) is 8.52. The third kappa shape index (κ3) is 3.52. The summed E-state index contributed by atoms with van der Waals surface area (Å²) < 4.78 is 6.01. The van der Waals surface area contributed by atoms with Crippen molar-refractivity contribution in [3.05, 3.63) is 9.88 Å². The number of thiazole rings is 1. The molecule has 3 aliphatic rings. The Morgan fingerprint density at radius 3 is 2.52 bits per heavy atom. The number of nitrogens with two attached hydrogens (primary N) is 1. The van der Waals surface area contributed by atoms with Gasteiger partial charge in [-0.3, -0.25) is 14.5 Å². The molecule has 2 heterocycles. The molecule has 9 heteroatoms. The van der Waals surface area contributed by atoms with E-state index in [1.54, 1.807) is 0 Å². The van der Waals surface area contributed by atoms with Gasteiger partial charge in [0.15, 0.2) is 4.88 Å². The number of carbonyl (C=O) groups is 3. The molecule has 1 aromatic rings. The number of nitrogens with zero attached hydrogens (tertiary/aromatic N) is 2. The van der Waals surface area contributed by atoms with Crippen molar-refractivity contribution < 1.29 is 19.1 Å². The Balaban J connectivity index is 1.38. The molecule has 0 spiro atoms. The van der Waals surface area contributed by atoms with Gasteiger partial charge in [-0.05, 0) is 44.9 Å². The van der Waals surface area contributed by atoms with Gasteiger partial charge in [-0.15, -0.1) is 11.3 Å². The van der Waals surface area contributed by atoms with Crippen molar-refractivity contribution in [3.8, 4) is 5.88 Å². The molecule has 0 aromatic carbocycles. The van der Waals surface area contributed by atoms with Gasteiger partial charge in [0.05, 0.1) is 0 Å². The predicted molar refractivity (Wildman–Crippen MR) is 98.7 cm³/mol. The van der Waals surface area contributed by atoms with Crippen molar-refractivity contribution in [2.24, 2.45) is 5.73 Å². The molecule has 1 atom stereocenters. The average molecular weight is 392 g/mol. The van der Waals surface area contributed by atoms with Crippen molar-refractivity contribution in [1.82, 2.24) is 15.2 Å². The summed E-state index contributed by atoms with van der Waals surface area (Å²) in [5, 5.41) is 3.67. The van der Waals surface area contributed by atoms with Gasteiger partial charge in [0.2, 0.25) is 5.88 Å². The van der Waals surface area contributed by atoms with E-state index in [4.69, 9.17) is 10.5 Å². The number of hydrogen-bond acceptors (Lipinski definition) is 6. The Hall–Kier alpha value is -2.16. The van der Waals surface area contributed by atoms with Crippen LogP contribution in [-0.2, 0) is 4.79 Å². The molecule has 2 saturated carbocycles. The van der Waals surface area contributed by atoms with E-state index in [-0.39, 0.29) is 24.1 Å². The van der Waals surface area contributed by atoms with Crippen LogP contribution < -0.4 is 15.8 Å². The van der Waals surface area contributed by atoms with E-state index in [1.807, 2.05) is 6.92 Å². The number of imide groups is 1. The van der Waals surface area contributed by atoms with Crippen LogP contribution in [0.5, 0.6) is 5.88 Å². The Bertz CT molecular complexity index is 767. The van der Waals surface area contributed by atoms with Crippen LogP contribution in [0, 0.1) is 0 Å². The Morgan fingerprint density at radius 1 is 1.26 bits per heavy atom. The van der Waals surface area contributed by atoms with E-state index in [9.17, 15) is 14.4 Å². The lowest BCUT2D eigenvalue weighted by Gasteiger charge is -2.32. The average Bonchev–Trinajstić information content (AvgIpc) is 3.34. The largest absolute Gasteiger partial charge is 0.473 e. The summed E-state index contributed by atoms with van der Waals surface area (Å²) in [6.45, 7) is 1.89. The fourth-order valence-corrected chi connectivity index (χ4v) is 4.83. The number of rotatable bonds is 6. The van der Waals surface area contributed by atoms with E-state index in [0.717, 1.165) is 17.8 Å². The lowest BCUT2D eigenvalue weighted by atomic mass is 9.92. The monoisotopic (exact) mass is 392 g/mol. The standard InChI is InChI=1S/C18H24N4O4S/c1-2-12-17(24)22(18(25)20-12)10-5-7-11(8-6-10)26-15-13(14(19)23)27-16(21-15)9-3-4-9/h9-12H,2-8H2,1H3,(H2,19,23)(H,20,25). The number of amides is 4. The third-order valence-corrected chi connectivity index (χ3v) is 6.72. The number of ether oxygens (including phenoxy) is 1. The highest BCUT2D eigenvalue weighted by Crippen LogP contribution is 2.44. The van der Waals surface area contributed by atoms with Gasteiger partial charge in [0, 0.05) is 12.0 Å². The SMILES string of the molecule is CCC1NC(=O)N(C2CCC(Oc3nc(C4CC4)sc3C(N)=O)CC2)C1=O. The minimum Gasteiger partial charge on any atom is -0.473 e. The summed E-state index contributed by atoms with van der Waals surface area (Å²) in [6.07, 6.45) is 5.48. The van der Waals surface area contributed by atoms with Crippen LogP contribution in [0.2, 0.25) is 0 Å². The van der Waals surface area contributed by atoms with Crippen molar-refractivity contribution in [2.75, 3.05) is 0 Å². The van der Waals surface area contributed by atoms with Crippen LogP contribution in [-0.4, -0.2) is 45.9 Å². The summed E-state index contributed by atoms with van der Waals surface area (Å²) in [7, 11) is 0. The van der Waals surface area contributed by atoms with Gasteiger partial charge < -0.3 is 15.8 Å². The Morgan fingerprint density at radius 2 is 1.96 bits per heavy atom. The second kappa shape index (κ2) is 7.10. The molecular formula is C18H24N4O4S. The molecule has 146 valence electrons. The molecule has 1 unspecified atom stereocenters. The maximum atomic E-state index is 12.4. The summed E-state index contributed by atoms with van der Waals surface area (Å²) in [4.78, 5) is 42.5. The molecule has 27 heavy (non-hydrogen) atoms. The maximum Gasteiger partial charge on any atom is 0.325 e. The van der Waals surface area contributed by atoms with Crippen LogP contribution in [0.1, 0.15) is 72.5 Å². The summed E-state index contributed by atoms with van der Waals surface area (Å²) in [5.41, 5.74) is 5.48. The van der Waals surface area contributed by atoms with Crippen LogP contribution in [0.4, 0.5) is 4.79 Å². The molecular weight excluding hydrogens is 368 g/mol. The number of urea groups is 1. The highest BCUT2D eigenvalue weighted by atomic mass is 32.1. The highest BCUT2D eigenvalue weighted by Gasteiger charge is 2.42. The van der Waals surface area contributed by atoms with Crippen LogP contribution in [0.25, 0.3) is 0 Å². The molecule has 0 radical (unpaired) electrons. The number of nitrogens with one attached hydrogen (secondary N) is 1. The molecule has 0 bridgehead atoms. The quantitative estimate of drug-likeness (QED) is 0.720. The second-order valence-electron chi connectivity index (χ2n) is 7.49. The lowest BCUT2D eigenvalue weighted by molar-refractivity contribution is -0.129.